The largest absolute Gasteiger partial charge is 0.456 e. The lowest BCUT2D eigenvalue weighted by atomic mass is 9.90. The van der Waals surface area contributed by atoms with Gasteiger partial charge in [0.2, 0.25) is 0 Å². The second-order valence-electron chi connectivity index (χ2n) is 10.8. The molecule has 1 aliphatic heterocycles. The van der Waals surface area contributed by atoms with Crippen LogP contribution >= 0.6 is 0 Å². The van der Waals surface area contributed by atoms with Crippen LogP contribution in [-0.2, 0) is 0 Å². The Morgan fingerprint density at radius 1 is 0.500 bits per heavy atom. The zero-order valence-corrected chi connectivity index (χ0v) is 22.7. The third kappa shape index (κ3) is 3.44. The van der Waals surface area contributed by atoms with Crippen molar-refractivity contribution in [2.45, 2.75) is 0 Å². The summed E-state index contributed by atoms with van der Waals surface area (Å²) < 4.78 is 8.59. The first-order chi connectivity index (χ1) is 20.8. The molecule has 2 heterocycles. The average molecular weight is 537 g/mol. The van der Waals surface area contributed by atoms with Gasteiger partial charge in [0.05, 0.1) is 11.0 Å². The summed E-state index contributed by atoms with van der Waals surface area (Å²) in [5.41, 5.74) is 9.03. The Hall–Kier alpha value is -5.67. The third-order valence-electron chi connectivity index (χ3n) is 8.39. The average Bonchev–Trinajstić information content (AvgIpc) is 3.45. The van der Waals surface area contributed by atoms with Crippen molar-refractivity contribution in [1.29, 1.82) is 0 Å². The van der Waals surface area contributed by atoms with Gasteiger partial charge in [0.25, 0.3) is 0 Å². The Morgan fingerprint density at radius 3 is 2.24 bits per heavy atom. The van der Waals surface area contributed by atoms with E-state index in [2.05, 4.69) is 126 Å². The number of rotatable bonds is 3. The molecule has 196 valence electrons. The minimum atomic E-state index is 0.910. The molecule has 0 amide bonds. The summed E-state index contributed by atoms with van der Waals surface area (Å²) in [4.78, 5) is 5.01. The summed E-state index contributed by atoms with van der Waals surface area (Å²) in [6.45, 7) is 0. The first-order valence-electron chi connectivity index (χ1n) is 14.2. The van der Waals surface area contributed by atoms with Gasteiger partial charge < -0.3 is 4.74 Å². The highest BCUT2D eigenvalue weighted by Crippen LogP contribution is 2.48. The molecule has 0 N–H and O–H groups in total. The van der Waals surface area contributed by atoms with E-state index < -0.39 is 0 Å². The molecule has 0 radical (unpaired) electrons. The van der Waals surface area contributed by atoms with Crippen LogP contribution in [0.4, 0.5) is 0 Å². The van der Waals surface area contributed by atoms with Crippen molar-refractivity contribution >= 4 is 32.6 Å². The maximum absolute atomic E-state index is 6.32. The van der Waals surface area contributed by atoms with Crippen molar-refractivity contribution in [1.82, 2.24) is 9.55 Å². The number of ether oxygens (including phenoxy) is 1. The van der Waals surface area contributed by atoms with E-state index in [1.807, 2.05) is 24.3 Å². The maximum Gasteiger partial charge on any atom is 0.145 e. The Balaban J connectivity index is 1.19. The lowest BCUT2D eigenvalue weighted by Gasteiger charge is -2.22. The molecule has 3 heteroatoms. The monoisotopic (exact) mass is 536 g/mol. The van der Waals surface area contributed by atoms with Gasteiger partial charge in [0, 0.05) is 22.2 Å². The lowest BCUT2D eigenvalue weighted by Crippen LogP contribution is -1.98. The number of para-hydroxylation sites is 3. The predicted molar refractivity (Wildman–Crippen MR) is 172 cm³/mol. The van der Waals surface area contributed by atoms with Gasteiger partial charge in [-0.05, 0) is 75.3 Å². The predicted octanol–water partition coefficient (Wildman–Crippen LogP) is 10.4. The molecule has 0 bridgehead atoms. The number of benzene rings is 7. The lowest BCUT2D eigenvalue weighted by molar-refractivity contribution is 0.487. The molecule has 3 nitrogen and oxygen atoms in total. The smallest absolute Gasteiger partial charge is 0.145 e. The molecule has 0 aliphatic carbocycles. The molecular formula is C39H24N2O. The first-order valence-corrected chi connectivity index (χ1v) is 14.2. The number of fused-ring (bicyclic) bond motifs is 4. The summed E-state index contributed by atoms with van der Waals surface area (Å²) in [5, 5.41) is 4.76. The molecule has 8 aromatic rings. The van der Waals surface area contributed by atoms with Gasteiger partial charge in [-0.25, -0.2) is 4.98 Å². The van der Waals surface area contributed by atoms with Crippen LogP contribution in [0.15, 0.2) is 146 Å². The summed E-state index contributed by atoms with van der Waals surface area (Å²) in [7, 11) is 0. The van der Waals surface area contributed by atoms with E-state index in [1.54, 1.807) is 0 Å². The Bertz CT molecular complexity index is 2330. The number of aromatic nitrogens is 2. The molecule has 0 atom stereocenters. The highest BCUT2D eigenvalue weighted by molar-refractivity contribution is 6.10. The van der Waals surface area contributed by atoms with Gasteiger partial charge in [-0.3, -0.25) is 4.57 Å². The zero-order chi connectivity index (χ0) is 27.6. The molecule has 0 fully saturated rings. The van der Waals surface area contributed by atoms with E-state index in [4.69, 9.17) is 9.72 Å². The Morgan fingerprint density at radius 2 is 1.29 bits per heavy atom. The van der Waals surface area contributed by atoms with Crippen molar-refractivity contribution in [3.8, 4) is 50.8 Å². The second kappa shape index (κ2) is 8.92. The van der Waals surface area contributed by atoms with Crippen LogP contribution in [-0.4, -0.2) is 9.55 Å². The quantitative estimate of drug-likeness (QED) is 0.225. The van der Waals surface area contributed by atoms with Crippen LogP contribution < -0.4 is 4.74 Å². The van der Waals surface area contributed by atoms with Crippen molar-refractivity contribution in [3.05, 3.63) is 146 Å². The molecule has 9 rings (SSSR count). The van der Waals surface area contributed by atoms with E-state index in [0.717, 1.165) is 45.2 Å². The Kier molecular flexibility index (Phi) is 4.90. The summed E-state index contributed by atoms with van der Waals surface area (Å²) in [6.07, 6.45) is 0. The fourth-order valence-corrected chi connectivity index (χ4v) is 6.44. The van der Waals surface area contributed by atoms with Crippen molar-refractivity contribution in [2.75, 3.05) is 0 Å². The second-order valence-corrected chi connectivity index (χ2v) is 10.8. The third-order valence-corrected chi connectivity index (χ3v) is 8.39. The highest BCUT2D eigenvalue weighted by atomic mass is 16.5. The van der Waals surface area contributed by atoms with Crippen LogP contribution in [0.25, 0.3) is 71.9 Å². The maximum atomic E-state index is 6.32. The molecule has 7 aromatic carbocycles. The topological polar surface area (TPSA) is 27.1 Å². The van der Waals surface area contributed by atoms with E-state index in [1.165, 1.54) is 38.2 Å². The highest BCUT2D eigenvalue weighted by Gasteiger charge is 2.21. The number of hydrogen-bond donors (Lipinski definition) is 0. The van der Waals surface area contributed by atoms with Gasteiger partial charge in [0.1, 0.15) is 17.3 Å². The minimum Gasteiger partial charge on any atom is -0.456 e. The molecule has 0 saturated heterocycles. The summed E-state index contributed by atoms with van der Waals surface area (Å²) >= 11 is 0. The van der Waals surface area contributed by atoms with Gasteiger partial charge in [0.15, 0.2) is 0 Å². The van der Waals surface area contributed by atoms with E-state index in [9.17, 15) is 0 Å². The molecule has 0 saturated carbocycles. The van der Waals surface area contributed by atoms with Crippen LogP contribution in [0.1, 0.15) is 0 Å². The number of imidazole rings is 1. The van der Waals surface area contributed by atoms with Crippen LogP contribution in [0.5, 0.6) is 11.5 Å². The van der Waals surface area contributed by atoms with E-state index >= 15 is 0 Å². The van der Waals surface area contributed by atoms with Crippen LogP contribution in [0, 0.1) is 0 Å². The molecule has 1 aromatic heterocycles. The molecular weight excluding hydrogens is 512 g/mol. The molecule has 0 unspecified atom stereocenters. The van der Waals surface area contributed by atoms with Gasteiger partial charge in [-0.2, -0.15) is 0 Å². The van der Waals surface area contributed by atoms with E-state index in [0.29, 0.717) is 0 Å². The summed E-state index contributed by atoms with van der Waals surface area (Å²) in [5.74, 6) is 2.77. The van der Waals surface area contributed by atoms with E-state index in [-0.39, 0.29) is 0 Å². The van der Waals surface area contributed by atoms with Gasteiger partial charge in [-0.1, -0.05) is 103 Å². The van der Waals surface area contributed by atoms with Crippen LogP contribution in [0.2, 0.25) is 0 Å². The normalized spacial score (nSPS) is 12.0. The van der Waals surface area contributed by atoms with Crippen LogP contribution in [0.3, 0.4) is 0 Å². The van der Waals surface area contributed by atoms with Crippen molar-refractivity contribution < 1.29 is 4.74 Å². The fourth-order valence-electron chi connectivity index (χ4n) is 6.44. The number of hydrogen-bond acceptors (Lipinski definition) is 2. The van der Waals surface area contributed by atoms with Crippen molar-refractivity contribution in [2.24, 2.45) is 0 Å². The number of nitrogens with zero attached hydrogens (tertiary/aromatic N) is 2. The molecule has 42 heavy (non-hydrogen) atoms. The fraction of sp³-hybridized carbons (Fsp3) is 0. The molecule has 1 aliphatic rings. The zero-order valence-electron chi connectivity index (χ0n) is 22.7. The summed E-state index contributed by atoms with van der Waals surface area (Å²) in [6, 6.07) is 51.3. The Labute approximate surface area is 242 Å². The SMILES string of the molecule is c1ccc(-c2nc3ccccc3n2-c2ccc3cc(-c4ccc5c6c(cccc46)-c4ccccc4O5)ccc3c2)cc1. The van der Waals surface area contributed by atoms with Crippen molar-refractivity contribution in [3.63, 3.8) is 0 Å². The molecule has 0 spiro atoms. The minimum absolute atomic E-state index is 0.910. The van der Waals surface area contributed by atoms with Gasteiger partial charge >= 0.3 is 0 Å². The first kappa shape index (κ1) is 23.1. The van der Waals surface area contributed by atoms with Gasteiger partial charge in [-0.15, -0.1) is 0 Å². The standard InChI is InChI=1S/C39H24N2O/c1-2-9-25(10-3-1)39-40-34-14-5-6-15-35(34)41(39)29-20-19-26-23-28(18-17-27(26)24-29)30-21-22-37-38-32(30)12-8-13-33(38)31-11-4-7-16-36(31)42-37/h1-24H.